The largest absolute Gasteiger partial charge is 0.440 e. The standard InChI is InChI=1S/C18H15Cl2N3O/c1-23(2)11-4-6-13-16(8-11)24-18(22)14(9-21)17(13)12-5-3-10(19)7-15(12)20/h3-8,17H,22H2,1-2H3. The van der Waals surface area contributed by atoms with Crippen molar-refractivity contribution in [1.82, 2.24) is 0 Å². The number of nitriles is 1. The van der Waals surface area contributed by atoms with Gasteiger partial charge in [-0.1, -0.05) is 35.3 Å². The Morgan fingerprint density at radius 2 is 1.83 bits per heavy atom. The molecule has 0 fully saturated rings. The first-order chi connectivity index (χ1) is 11.4. The van der Waals surface area contributed by atoms with Gasteiger partial charge >= 0.3 is 0 Å². The highest BCUT2D eigenvalue weighted by Crippen LogP contribution is 2.45. The van der Waals surface area contributed by atoms with Crippen LogP contribution in [0.15, 0.2) is 47.9 Å². The zero-order valence-electron chi connectivity index (χ0n) is 13.2. The van der Waals surface area contributed by atoms with Crippen LogP contribution in [-0.4, -0.2) is 14.1 Å². The molecule has 6 heteroatoms. The van der Waals surface area contributed by atoms with E-state index in [0.717, 1.165) is 16.8 Å². The van der Waals surface area contributed by atoms with Gasteiger partial charge in [0.2, 0.25) is 5.88 Å². The number of nitrogens with zero attached hydrogens (tertiary/aromatic N) is 2. The summed E-state index contributed by atoms with van der Waals surface area (Å²) in [6.45, 7) is 0. The van der Waals surface area contributed by atoms with E-state index in [1.807, 2.05) is 43.3 Å². The molecule has 1 aliphatic heterocycles. The molecule has 0 radical (unpaired) electrons. The molecule has 0 aromatic heterocycles. The second-order valence-electron chi connectivity index (χ2n) is 5.71. The molecule has 0 spiro atoms. The van der Waals surface area contributed by atoms with Crippen molar-refractivity contribution in [2.24, 2.45) is 5.73 Å². The summed E-state index contributed by atoms with van der Waals surface area (Å²) in [6, 6.07) is 13.2. The van der Waals surface area contributed by atoms with Crippen LogP contribution in [0.3, 0.4) is 0 Å². The number of anilines is 1. The van der Waals surface area contributed by atoms with E-state index in [2.05, 4.69) is 6.07 Å². The van der Waals surface area contributed by atoms with Gasteiger partial charge < -0.3 is 15.4 Å². The summed E-state index contributed by atoms with van der Waals surface area (Å²) in [5.41, 5.74) is 8.91. The topological polar surface area (TPSA) is 62.3 Å². The van der Waals surface area contributed by atoms with Crippen molar-refractivity contribution < 1.29 is 4.74 Å². The zero-order chi connectivity index (χ0) is 17.4. The van der Waals surface area contributed by atoms with Gasteiger partial charge in [-0.15, -0.1) is 0 Å². The van der Waals surface area contributed by atoms with E-state index in [1.54, 1.807) is 12.1 Å². The fourth-order valence-electron chi connectivity index (χ4n) is 2.78. The Morgan fingerprint density at radius 3 is 2.46 bits per heavy atom. The van der Waals surface area contributed by atoms with Crippen LogP contribution >= 0.6 is 23.2 Å². The number of ether oxygens (including phenoxy) is 1. The van der Waals surface area contributed by atoms with Crippen LogP contribution < -0.4 is 15.4 Å². The second kappa shape index (κ2) is 6.27. The summed E-state index contributed by atoms with van der Waals surface area (Å²) < 4.78 is 5.68. The molecule has 1 unspecified atom stereocenters. The molecule has 4 nitrogen and oxygen atoms in total. The molecule has 122 valence electrons. The molecule has 3 rings (SSSR count). The highest BCUT2D eigenvalue weighted by molar-refractivity contribution is 6.35. The van der Waals surface area contributed by atoms with Gasteiger partial charge in [0, 0.05) is 41.5 Å². The van der Waals surface area contributed by atoms with E-state index >= 15 is 0 Å². The number of nitrogens with two attached hydrogens (primary N) is 1. The first kappa shape index (κ1) is 16.5. The van der Waals surface area contributed by atoms with Gasteiger partial charge in [-0.3, -0.25) is 0 Å². The molecule has 0 saturated heterocycles. The molecule has 2 aromatic rings. The average molecular weight is 360 g/mol. The number of allylic oxidation sites excluding steroid dienone is 1. The lowest BCUT2D eigenvalue weighted by Gasteiger charge is -2.28. The van der Waals surface area contributed by atoms with Crippen molar-refractivity contribution in [3.05, 3.63) is 69.0 Å². The van der Waals surface area contributed by atoms with E-state index in [-0.39, 0.29) is 11.8 Å². The SMILES string of the molecule is CN(C)c1ccc2c(c1)OC(N)=C(C#N)C2c1ccc(Cl)cc1Cl. The third kappa shape index (κ3) is 2.77. The summed E-state index contributed by atoms with van der Waals surface area (Å²) in [4.78, 5) is 1.97. The van der Waals surface area contributed by atoms with Crippen molar-refractivity contribution in [3.63, 3.8) is 0 Å². The van der Waals surface area contributed by atoms with Crippen LogP contribution in [0.2, 0.25) is 10.0 Å². The summed E-state index contributed by atoms with van der Waals surface area (Å²) in [7, 11) is 3.88. The number of hydrogen-bond donors (Lipinski definition) is 1. The van der Waals surface area contributed by atoms with E-state index < -0.39 is 0 Å². The molecule has 0 amide bonds. The van der Waals surface area contributed by atoms with Gasteiger partial charge in [0.15, 0.2) is 0 Å². The van der Waals surface area contributed by atoms with Gasteiger partial charge in [0.25, 0.3) is 0 Å². The van der Waals surface area contributed by atoms with E-state index in [4.69, 9.17) is 33.7 Å². The molecule has 1 heterocycles. The van der Waals surface area contributed by atoms with Crippen molar-refractivity contribution in [1.29, 1.82) is 5.26 Å². The summed E-state index contributed by atoms with van der Waals surface area (Å²) in [5, 5.41) is 10.6. The first-order valence-electron chi connectivity index (χ1n) is 7.26. The molecule has 24 heavy (non-hydrogen) atoms. The number of halogens is 2. The van der Waals surface area contributed by atoms with Crippen molar-refractivity contribution in [3.8, 4) is 11.8 Å². The highest BCUT2D eigenvalue weighted by atomic mass is 35.5. The predicted molar refractivity (Wildman–Crippen MR) is 96.5 cm³/mol. The first-order valence-corrected chi connectivity index (χ1v) is 8.01. The van der Waals surface area contributed by atoms with E-state index in [9.17, 15) is 5.26 Å². The molecule has 2 N–H and O–H groups in total. The molecule has 0 saturated carbocycles. The van der Waals surface area contributed by atoms with Crippen LogP contribution in [0.4, 0.5) is 5.69 Å². The minimum absolute atomic E-state index is 0.0944. The van der Waals surface area contributed by atoms with E-state index in [0.29, 0.717) is 21.4 Å². The van der Waals surface area contributed by atoms with Crippen LogP contribution in [-0.2, 0) is 0 Å². The smallest absolute Gasteiger partial charge is 0.205 e. The Kier molecular flexibility index (Phi) is 4.31. The van der Waals surface area contributed by atoms with Crippen LogP contribution in [0.25, 0.3) is 0 Å². The predicted octanol–water partition coefficient (Wildman–Crippen LogP) is 4.28. The Labute approximate surface area is 150 Å². The van der Waals surface area contributed by atoms with Crippen molar-refractivity contribution >= 4 is 28.9 Å². The lowest BCUT2D eigenvalue weighted by molar-refractivity contribution is 0.394. The fraction of sp³-hybridized carbons (Fsp3) is 0.167. The minimum atomic E-state index is -0.389. The summed E-state index contributed by atoms with van der Waals surface area (Å²) in [6.07, 6.45) is 0. The van der Waals surface area contributed by atoms with Crippen LogP contribution in [0.1, 0.15) is 17.0 Å². The molecule has 0 bridgehead atoms. The number of hydrogen-bond acceptors (Lipinski definition) is 4. The normalized spacial score (nSPS) is 16.2. The molecular formula is C18H15Cl2N3O. The maximum Gasteiger partial charge on any atom is 0.205 e. The number of fused-ring (bicyclic) bond motifs is 1. The Bertz CT molecular complexity index is 884. The van der Waals surface area contributed by atoms with Crippen LogP contribution in [0, 0.1) is 11.3 Å². The maximum absolute atomic E-state index is 9.56. The van der Waals surface area contributed by atoms with Gasteiger partial charge in [-0.05, 0) is 23.8 Å². The number of benzene rings is 2. The fourth-order valence-corrected chi connectivity index (χ4v) is 3.30. The third-order valence-corrected chi connectivity index (χ3v) is 4.55. The van der Waals surface area contributed by atoms with Gasteiger partial charge in [0.1, 0.15) is 17.4 Å². The molecule has 1 aliphatic rings. The monoisotopic (exact) mass is 359 g/mol. The Balaban J connectivity index is 2.22. The maximum atomic E-state index is 9.56. The highest BCUT2D eigenvalue weighted by Gasteiger charge is 2.32. The summed E-state index contributed by atoms with van der Waals surface area (Å²) in [5.74, 6) is 0.324. The minimum Gasteiger partial charge on any atom is -0.440 e. The van der Waals surface area contributed by atoms with E-state index in [1.165, 1.54) is 0 Å². The molecule has 2 aromatic carbocycles. The summed E-state index contributed by atoms with van der Waals surface area (Å²) >= 11 is 12.4. The lowest BCUT2D eigenvalue weighted by Crippen LogP contribution is -2.21. The van der Waals surface area contributed by atoms with Crippen molar-refractivity contribution in [2.75, 3.05) is 19.0 Å². The van der Waals surface area contributed by atoms with Gasteiger partial charge in [0.05, 0.1) is 5.92 Å². The van der Waals surface area contributed by atoms with Crippen molar-refractivity contribution in [2.45, 2.75) is 5.92 Å². The zero-order valence-corrected chi connectivity index (χ0v) is 14.7. The Hall–Kier alpha value is -2.35. The molecule has 1 atom stereocenters. The van der Waals surface area contributed by atoms with Gasteiger partial charge in [-0.2, -0.15) is 5.26 Å². The lowest BCUT2D eigenvalue weighted by atomic mass is 9.83. The average Bonchev–Trinajstić information content (AvgIpc) is 2.53. The molecular weight excluding hydrogens is 345 g/mol. The Morgan fingerprint density at radius 1 is 1.12 bits per heavy atom. The second-order valence-corrected chi connectivity index (χ2v) is 6.55. The number of rotatable bonds is 2. The quantitative estimate of drug-likeness (QED) is 0.869. The third-order valence-electron chi connectivity index (χ3n) is 3.99. The molecule has 0 aliphatic carbocycles. The van der Waals surface area contributed by atoms with Crippen LogP contribution in [0.5, 0.6) is 5.75 Å². The van der Waals surface area contributed by atoms with Gasteiger partial charge in [-0.25, -0.2) is 0 Å².